The zero-order valence-corrected chi connectivity index (χ0v) is 37.4. The summed E-state index contributed by atoms with van der Waals surface area (Å²) in [5.74, 6) is -0.445. The number of fused-ring (bicyclic) bond motifs is 2. The van der Waals surface area contributed by atoms with E-state index < -0.39 is 89.1 Å². The molecule has 4 aromatic heterocycles. The molecular formula is C20H24N10Na4O16P2. The third-order valence-corrected chi connectivity index (χ3v) is 7.94. The quantitative estimate of drug-likeness (QED) is 0.0604. The van der Waals surface area contributed by atoms with Crippen LogP contribution in [0.15, 0.2) is 22.2 Å². The summed E-state index contributed by atoms with van der Waals surface area (Å²) in [6.45, 7) is -1.39. The molecule has 0 bridgehead atoms. The standard InChI is InChI=1S/2C10H14N5O8P.4Na/c11-10-13-7-4(8(18)14-10)12-2-15(7)9-5(17)6(3(1-16)22-9)23-24(19,20)21;11-10-13-7-4(8(18)14-10)12-2-15(7)9-6(23-24(19,20)21)5(17)3(1-16)22-9;;;;/h2*2-3,5-6,9,16-17H,1H2,(H2,19,20,21)(H3,11,13,14,18);;;;/q;;4*+1/p-4/t3-,5-,6-,9-;3-,5-,6?,9-;;;;/m11..../s1. The van der Waals surface area contributed by atoms with Gasteiger partial charge in [-0.2, -0.15) is 9.97 Å². The van der Waals surface area contributed by atoms with E-state index in [0.717, 1.165) is 21.8 Å². The minimum Gasteiger partial charge on any atom is -0.790 e. The summed E-state index contributed by atoms with van der Waals surface area (Å²) in [7, 11) is -10.9. The minimum atomic E-state index is -5.48. The van der Waals surface area contributed by atoms with E-state index in [4.69, 9.17) is 20.9 Å². The van der Waals surface area contributed by atoms with Crippen molar-refractivity contribution in [3.05, 3.63) is 33.4 Å². The molecule has 264 valence electrons. The number of phosphoric ester groups is 2. The van der Waals surface area contributed by atoms with Crippen molar-refractivity contribution < 1.29 is 186 Å². The number of nitrogens with zero attached hydrogens (tertiary/aromatic N) is 6. The van der Waals surface area contributed by atoms with Gasteiger partial charge in [-0.3, -0.25) is 28.7 Å². The number of ether oxygens (including phenoxy) is 2. The number of hydrogen-bond donors (Lipinski definition) is 8. The maximum Gasteiger partial charge on any atom is 1.00 e. The van der Waals surface area contributed by atoms with Gasteiger partial charge in [-0.25, -0.2) is 9.97 Å². The van der Waals surface area contributed by atoms with Crippen LogP contribution in [0.3, 0.4) is 0 Å². The Labute approximate surface area is 377 Å². The summed E-state index contributed by atoms with van der Waals surface area (Å²) in [5.41, 5.74) is 9.30. The average molecular weight is 814 g/mol. The number of H-pyrrole nitrogens is 2. The van der Waals surface area contributed by atoms with Crippen molar-refractivity contribution >= 4 is 49.9 Å². The monoisotopic (exact) mass is 814 g/mol. The number of hydrogen-bond acceptors (Lipinski definition) is 22. The number of rotatable bonds is 8. The van der Waals surface area contributed by atoms with Crippen molar-refractivity contribution in [2.45, 2.75) is 49.1 Å². The molecule has 4 aromatic rings. The first-order valence-corrected chi connectivity index (χ1v) is 16.1. The van der Waals surface area contributed by atoms with Gasteiger partial charge in [-0.1, -0.05) is 0 Å². The first-order chi connectivity index (χ1) is 22.4. The fourth-order valence-electron chi connectivity index (χ4n) is 4.99. The van der Waals surface area contributed by atoms with E-state index in [2.05, 4.69) is 39.0 Å². The molecule has 6 heterocycles. The molecule has 52 heavy (non-hydrogen) atoms. The number of nitrogens with two attached hydrogens (primary N) is 2. The maximum atomic E-state index is 11.8. The number of nitrogen functional groups attached to an aromatic ring is 2. The van der Waals surface area contributed by atoms with Crippen molar-refractivity contribution in [2.75, 3.05) is 24.7 Å². The van der Waals surface area contributed by atoms with Gasteiger partial charge in [-0.15, -0.1) is 0 Å². The Morgan fingerprint density at radius 2 is 1.13 bits per heavy atom. The predicted octanol–water partition coefficient (Wildman–Crippen LogP) is -19.7. The van der Waals surface area contributed by atoms with Gasteiger partial charge in [0, 0.05) is 0 Å². The zero-order valence-electron chi connectivity index (χ0n) is 27.6. The van der Waals surface area contributed by atoms with E-state index in [-0.39, 0.29) is 152 Å². The van der Waals surface area contributed by atoms with Gasteiger partial charge in [0.15, 0.2) is 34.8 Å². The van der Waals surface area contributed by atoms with Gasteiger partial charge in [0.2, 0.25) is 11.9 Å². The normalized spacial score (nSPS) is 25.7. The van der Waals surface area contributed by atoms with Gasteiger partial charge >= 0.3 is 118 Å². The number of aromatic amines is 2. The number of nitrogens with one attached hydrogen (secondary N) is 2. The number of anilines is 2. The number of phosphoric acid groups is 2. The molecule has 0 aliphatic carbocycles. The second-order valence-corrected chi connectivity index (χ2v) is 12.3. The van der Waals surface area contributed by atoms with Crippen molar-refractivity contribution in [3.63, 3.8) is 0 Å². The van der Waals surface area contributed by atoms with Crippen LogP contribution in [-0.2, 0) is 27.7 Å². The van der Waals surface area contributed by atoms with Crippen molar-refractivity contribution in [1.29, 1.82) is 0 Å². The van der Waals surface area contributed by atoms with Gasteiger partial charge in [0.1, 0.15) is 36.6 Å². The molecule has 1 unspecified atom stereocenters. The second-order valence-electron chi connectivity index (χ2n) is 10.1. The summed E-state index contributed by atoms with van der Waals surface area (Å²) in [6, 6.07) is 0. The van der Waals surface area contributed by atoms with Crippen LogP contribution < -0.4 is 160 Å². The Morgan fingerprint density at radius 1 is 0.731 bits per heavy atom. The van der Waals surface area contributed by atoms with E-state index >= 15 is 0 Å². The zero-order chi connectivity index (χ0) is 35.3. The van der Waals surface area contributed by atoms with Gasteiger partial charge in [0.05, 0.1) is 41.5 Å². The van der Waals surface area contributed by atoms with Crippen LogP contribution in [0.1, 0.15) is 12.5 Å². The summed E-state index contributed by atoms with van der Waals surface area (Å²) >= 11 is 0. The van der Waals surface area contributed by atoms with E-state index in [1.165, 1.54) is 0 Å². The maximum absolute atomic E-state index is 11.8. The molecule has 0 aromatic carbocycles. The van der Waals surface area contributed by atoms with E-state index in [9.17, 15) is 58.7 Å². The van der Waals surface area contributed by atoms with Gasteiger partial charge in [-0.05, 0) is 0 Å². The fourth-order valence-corrected chi connectivity index (χ4v) is 6.08. The van der Waals surface area contributed by atoms with Crippen LogP contribution in [0.25, 0.3) is 22.3 Å². The number of aliphatic hydroxyl groups excluding tert-OH is 4. The number of aromatic nitrogens is 8. The molecule has 26 nitrogen and oxygen atoms in total. The van der Waals surface area contributed by atoms with Crippen LogP contribution in [0.4, 0.5) is 11.9 Å². The third-order valence-electron chi connectivity index (χ3n) is 6.93. The van der Waals surface area contributed by atoms with Crippen molar-refractivity contribution in [1.82, 2.24) is 39.0 Å². The number of aliphatic hydroxyl groups is 4. The Kier molecular flexibility index (Phi) is 19.5. The van der Waals surface area contributed by atoms with Crippen LogP contribution in [0.2, 0.25) is 0 Å². The Morgan fingerprint density at radius 3 is 1.56 bits per heavy atom. The predicted molar refractivity (Wildman–Crippen MR) is 144 cm³/mol. The topological polar surface area (TPSA) is 423 Å². The largest absolute Gasteiger partial charge is 1.00 e. The molecule has 0 radical (unpaired) electrons. The van der Waals surface area contributed by atoms with Gasteiger partial charge in [0.25, 0.3) is 11.1 Å². The molecule has 32 heteroatoms. The average Bonchev–Trinajstić information content (AvgIpc) is 3.73. The first-order valence-electron chi connectivity index (χ1n) is 13.2. The molecule has 6 rings (SSSR count). The first kappa shape index (κ1) is 50.3. The Bertz CT molecular complexity index is 2030. The molecule has 0 amide bonds. The van der Waals surface area contributed by atoms with Crippen LogP contribution in [0.5, 0.6) is 0 Å². The molecule has 2 saturated heterocycles. The van der Waals surface area contributed by atoms with Crippen LogP contribution in [-0.4, -0.2) is 109 Å². The molecular weight excluding hydrogens is 790 g/mol. The SMILES string of the molecule is Nc1nc2c(ncn2[C@@H]2O[C@H](CO)[C@@H](O)C2OP(=O)([O-])[O-])c(=O)[nH]1.Nc1nc2c(ncn2[C@@H]2O[C@H](CO)[C@@H](OP(=O)([O-])[O-])[C@H]2O)c(=O)[nH]1.[Na+].[Na+].[Na+].[Na+]. The van der Waals surface area contributed by atoms with Crippen LogP contribution >= 0.6 is 15.6 Å². The summed E-state index contributed by atoms with van der Waals surface area (Å²) in [5, 5.41) is 38.7. The van der Waals surface area contributed by atoms with Gasteiger partial charge < -0.3 is 79.1 Å². The van der Waals surface area contributed by atoms with E-state index in [1.54, 1.807) is 0 Å². The molecule has 0 saturated carbocycles. The third kappa shape index (κ3) is 11.2. The summed E-state index contributed by atoms with van der Waals surface area (Å²) < 4.78 is 43.2. The molecule has 8 atom stereocenters. The summed E-state index contributed by atoms with van der Waals surface area (Å²) in [6.07, 6.45) is -9.57. The molecule has 10 N–H and O–H groups in total. The van der Waals surface area contributed by atoms with E-state index in [1.807, 2.05) is 0 Å². The summed E-state index contributed by atoms with van der Waals surface area (Å²) in [4.78, 5) is 86.8. The van der Waals surface area contributed by atoms with Crippen molar-refractivity contribution in [2.24, 2.45) is 0 Å². The number of imidazole rings is 2. The molecule has 2 fully saturated rings. The molecule has 2 aliphatic heterocycles. The minimum absolute atomic E-state index is 0. The van der Waals surface area contributed by atoms with Crippen molar-refractivity contribution in [3.8, 4) is 0 Å². The molecule has 0 spiro atoms. The second kappa shape index (κ2) is 20.1. The van der Waals surface area contributed by atoms with E-state index in [0.29, 0.717) is 0 Å². The Balaban J connectivity index is 0.000000483. The molecule has 2 aliphatic rings. The van der Waals surface area contributed by atoms with Crippen LogP contribution in [0, 0.1) is 0 Å². The fraction of sp³-hybridized carbons (Fsp3) is 0.500. The Hall–Kier alpha value is 0.280. The smallest absolute Gasteiger partial charge is 0.790 e.